The number of hydrogen-bond donors (Lipinski definition) is 1. The lowest BCUT2D eigenvalue weighted by molar-refractivity contribution is -0.141. The number of nitrogens with zero attached hydrogens (tertiary/aromatic N) is 2. The minimum Gasteiger partial charge on any atom is -0.468 e. The van der Waals surface area contributed by atoms with Crippen LogP contribution in [0.2, 0.25) is 0 Å². The number of esters is 1. The van der Waals surface area contributed by atoms with Gasteiger partial charge >= 0.3 is 17.8 Å². The molecule has 0 unspecified atom stereocenters. The van der Waals surface area contributed by atoms with E-state index in [1.54, 1.807) is 6.20 Å². The van der Waals surface area contributed by atoms with Crippen LogP contribution < -0.4 is 11.2 Å². The molecular formula is C38H33N3O6. The van der Waals surface area contributed by atoms with Crippen molar-refractivity contribution in [3.8, 4) is 0 Å². The molecule has 9 nitrogen and oxygen atoms in total. The highest BCUT2D eigenvalue weighted by molar-refractivity contribution is 5.78. The highest BCUT2D eigenvalue weighted by Gasteiger charge is 2.26. The van der Waals surface area contributed by atoms with Crippen molar-refractivity contribution in [1.82, 2.24) is 14.5 Å². The second kappa shape index (κ2) is 14.0. The summed E-state index contributed by atoms with van der Waals surface area (Å²) >= 11 is 0. The number of H-pyrrole nitrogens is 1. The minimum absolute atomic E-state index is 0.0564. The van der Waals surface area contributed by atoms with Crippen LogP contribution >= 0.6 is 0 Å². The van der Waals surface area contributed by atoms with Gasteiger partial charge in [-0.2, -0.15) is 0 Å². The van der Waals surface area contributed by atoms with Crippen molar-refractivity contribution in [2.75, 3.05) is 13.7 Å². The molecular weight excluding hydrogens is 594 g/mol. The normalized spacial score (nSPS) is 12.0. The van der Waals surface area contributed by atoms with E-state index in [1.165, 1.54) is 16.6 Å². The third-order valence-electron chi connectivity index (χ3n) is 8.13. The van der Waals surface area contributed by atoms with Crippen LogP contribution in [-0.2, 0) is 34.0 Å². The van der Waals surface area contributed by atoms with E-state index in [2.05, 4.69) is 4.98 Å². The number of amides is 1. The van der Waals surface area contributed by atoms with Gasteiger partial charge in [0.2, 0.25) is 0 Å². The smallest absolute Gasteiger partial charge is 0.410 e. The Hall–Kier alpha value is -5.96. The van der Waals surface area contributed by atoms with E-state index in [9.17, 15) is 19.2 Å². The lowest BCUT2D eigenvalue weighted by atomic mass is 9.83. The first-order valence-corrected chi connectivity index (χ1v) is 15.2. The first-order chi connectivity index (χ1) is 22.9. The van der Waals surface area contributed by atoms with Gasteiger partial charge in [0, 0.05) is 24.2 Å². The summed E-state index contributed by atoms with van der Waals surface area (Å²) in [7, 11) is 1.26. The van der Waals surface area contributed by atoms with Gasteiger partial charge in [-0.05, 0) is 38.9 Å². The predicted molar refractivity (Wildman–Crippen MR) is 179 cm³/mol. The number of carbonyl (C=O) groups excluding carboxylic acids is 2. The Morgan fingerprint density at radius 3 is 2.06 bits per heavy atom. The molecule has 236 valence electrons. The molecule has 1 aliphatic carbocycles. The highest BCUT2D eigenvalue weighted by Crippen LogP contribution is 2.37. The summed E-state index contributed by atoms with van der Waals surface area (Å²) in [5.41, 5.74) is 5.72. The minimum atomic E-state index is -0.662. The molecule has 0 saturated carbocycles. The zero-order chi connectivity index (χ0) is 32.8. The number of methoxy groups -OCH3 is 1. The number of nitrogens with one attached hydrogen (secondary N) is 1. The third kappa shape index (κ3) is 7.15. The van der Waals surface area contributed by atoms with Gasteiger partial charge in [-0.15, -0.1) is 0 Å². The fourth-order valence-corrected chi connectivity index (χ4v) is 5.84. The van der Waals surface area contributed by atoms with E-state index < -0.39 is 29.2 Å². The molecule has 1 heterocycles. The summed E-state index contributed by atoms with van der Waals surface area (Å²) in [6, 6.07) is 32.5. The molecule has 9 heteroatoms. The van der Waals surface area contributed by atoms with Crippen molar-refractivity contribution < 1.29 is 19.1 Å². The fraction of sp³-hybridized carbons (Fsp3) is 0.158. The topological polar surface area (TPSA) is 111 Å². The number of fused-ring (bicyclic) bond motifs is 2. The summed E-state index contributed by atoms with van der Waals surface area (Å²) in [5.74, 6) is -0.977. The lowest BCUT2D eigenvalue weighted by Gasteiger charge is -2.22. The molecule has 4 aromatic carbocycles. The SMILES string of the molecule is COC(=O)CN(Cc1cccc(Cn2cc(C3c4ccccc4C=Cc4ccccc43)c(=O)[nH]c2=O)c1)C(=O)OCc1ccccc1. The van der Waals surface area contributed by atoms with Crippen molar-refractivity contribution in [3.05, 3.63) is 175 Å². The summed E-state index contributed by atoms with van der Waals surface area (Å²) in [5, 5.41) is 0. The van der Waals surface area contributed by atoms with Crippen molar-refractivity contribution in [2.45, 2.75) is 25.6 Å². The largest absolute Gasteiger partial charge is 0.468 e. The number of benzene rings is 4. The summed E-state index contributed by atoms with van der Waals surface area (Å²) in [6.45, 7) is 0.00227. The Labute approximate surface area is 271 Å². The lowest BCUT2D eigenvalue weighted by Crippen LogP contribution is -2.36. The molecule has 5 aromatic rings. The number of hydrogen-bond acceptors (Lipinski definition) is 6. The molecule has 1 aromatic heterocycles. The third-order valence-corrected chi connectivity index (χ3v) is 8.13. The fourth-order valence-electron chi connectivity index (χ4n) is 5.84. The average molecular weight is 628 g/mol. The van der Waals surface area contributed by atoms with Gasteiger partial charge in [0.1, 0.15) is 13.2 Å². The van der Waals surface area contributed by atoms with Gasteiger partial charge in [-0.3, -0.25) is 24.0 Å². The zero-order valence-corrected chi connectivity index (χ0v) is 25.8. The van der Waals surface area contributed by atoms with E-state index in [0.717, 1.165) is 38.9 Å². The van der Waals surface area contributed by atoms with Gasteiger partial charge in [-0.25, -0.2) is 9.59 Å². The van der Waals surface area contributed by atoms with Gasteiger partial charge in [-0.1, -0.05) is 115 Å². The molecule has 0 bridgehead atoms. The standard InChI is InChI=1S/C38H33N3O6/c1-46-34(42)24-41(38(45)47-25-26-10-3-2-4-11-26)22-28-13-9-12-27(20-28)21-40-23-33(36(43)39-37(40)44)35-31-16-7-5-14-29(31)18-19-30-15-6-8-17-32(30)35/h2-20,23,35H,21-22,24-25H2,1H3,(H,39,43,44). The molecule has 0 radical (unpaired) electrons. The van der Waals surface area contributed by atoms with Crippen molar-refractivity contribution in [2.24, 2.45) is 0 Å². The van der Waals surface area contributed by atoms with Gasteiger partial charge < -0.3 is 9.47 Å². The molecule has 0 fully saturated rings. The summed E-state index contributed by atoms with van der Waals surface area (Å²) < 4.78 is 11.8. The molecule has 47 heavy (non-hydrogen) atoms. The van der Waals surface area contributed by atoms with Crippen LogP contribution in [0.3, 0.4) is 0 Å². The maximum absolute atomic E-state index is 13.4. The van der Waals surface area contributed by atoms with E-state index in [-0.39, 0.29) is 26.2 Å². The molecule has 1 amide bonds. The Bertz CT molecular complexity index is 2010. The second-order valence-corrected chi connectivity index (χ2v) is 11.3. The molecule has 0 spiro atoms. The van der Waals surface area contributed by atoms with Crippen molar-refractivity contribution in [3.63, 3.8) is 0 Å². The Morgan fingerprint density at radius 2 is 1.38 bits per heavy atom. The molecule has 0 saturated heterocycles. The predicted octanol–water partition coefficient (Wildman–Crippen LogP) is 5.56. The zero-order valence-electron chi connectivity index (χ0n) is 25.8. The van der Waals surface area contributed by atoms with Crippen molar-refractivity contribution in [1.29, 1.82) is 0 Å². The van der Waals surface area contributed by atoms with E-state index in [0.29, 0.717) is 5.56 Å². The highest BCUT2D eigenvalue weighted by atomic mass is 16.6. The van der Waals surface area contributed by atoms with E-state index in [4.69, 9.17) is 9.47 Å². The molecule has 6 rings (SSSR count). The number of ether oxygens (including phenoxy) is 2. The van der Waals surface area contributed by atoms with Crippen LogP contribution in [0.4, 0.5) is 4.79 Å². The number of rotatable bonds is 9. The first-order valence-electron chi connectivity index (χ1n) is 15.2. The number of carbonyl (C=O) groups is 2. The number of aromatic amines is 1. The maximum Gasteiger partial charge on any atom is 0.410 e. The van der Waals surface area contributed by atoms with Gasteiger partial charge in [0.15, 0.2) is 0 Å². The van der Waals surface area contributed by atoms with E-state index >= 15 is 0 Å². The van der Waals surface area contributed by atoms with Crippen LogP contribution in [0.5, 0.6) is 0 Å². The molecule has 1 aliphatic rings. The average Bonchev–Trinajstić information content (AvgIpc) is 3.26. The van der Waals surface area contributed by atoms with E-state index in [1.807, 2.05) is 115 Å². The van der Waals surface area contributed by atoms with Crippen LogP contribution in [0.15, 0.2) is 119 Å². The monoisotopic (exact) mass is 627 g/mol. The Morgan fingerprint density at radius 1 is 0.766 bits per heavy atom. The molecule has 1 N–H and O–H groups in total. The van der Waals surface area contributed by atoms with Crippen LogP contribution in [0.25, 0.3) is 12.2 Å². The van der Waals surface area contributed by atoms with Crippen LogP contribution in [0.1, 0.15) is 50.4 Å². The maximum atomic E-state index is 13.4. The molecule has 0 atom stereocenters. The number of aromatic nitrogens is 2. The van der Waals surface area contributed by atoms with Gasteiger partial charge in [0.25, 0.3) is 5.56 Å². The molecule has 0 aliphatic heterocycles. The van der Waals surface area contributed by atoms with Crippen LogP contribution in [-0.4, -0.2) is 40.2 Å². The summed E-state index contributed by atoms with van der Waals surface area (Å²) in [4.78, 5) is 55.5. The Balaban J connectivity index is 1.28. The Kier molecular flexibility index (Phi) is 9.24. The van der Waals surface area contributed by atoms with Gasteiger partial charge in [0.05, 0.1) is 13.7 Å². The summed E-state index contributed by atoms with van der Waals surface area (Å²) in [6.07, 6.45) is 5.07. The second-order valence-electron chi connectivity index (χ2n) is 11.3. The van der Waals surface area contributed by atoms with Crippen molar-refractivity contribution >= 4 is 24.2 Å². The quantitative estimate of drug-likeness (QED) is 0.210. The first kappa shape index (κ1) is 31.0. The van der Waals surface area contributed by atoms with Crippen LogP contribution in [0, 0.1) is 0 Å².